The first-order valence-corrected chi connectivity index (χ1v) is 8.04. The quantitative estimate of drug-likeness (QED) is 0.747. The van der Waals surface area contributed by atoms with E-state index in [0.29, 0.717) is 17.3 Å². The van der Waals surface area contributed by atoms with Crippen molar-refractivity contribution in [2.75, 3.05) is 13.6 Å². The van der Waals surface area contributed by atoms with Gasteiger partial charge in [0, 0.05) is 18.0 Å². The van der Waals surface area contributed by atoms with Gasteiger partial charge in [-0.3, -0.25) is 0 Å². The van der Waals surface area contributed by atoms with Crippen molar-refractivity contribution < 1.29 is 8.42 Å². The summed E-state index contributed by atoms with van der Waals surface area (Å²) in [4.78, 5) is 1.07. The van der Waals surface area contributed by atoms with Gasteiger partial charge in [-0.25, -0.2) is 13.1 Å². The first-order valence-electron chi connectivity index (χ1n) is 5.74. The highest BCUT2D eigenvalue weighted by Crippen LogP contribution is 2.25. The molecule has 0 atom stereocenters. The van der Waals surface area contributed by atoms with E-state index in [9.17, 15) is 8.42 Å². The van der Waals surface area contributed by atoms with Crippen molar-refractivity contribution in [3.05, 3.63) is 16.5 Å². The Bertz CT molecular complexity index is 452. The van der Waals surface area contributed by atoms with Crippen LogP contribution in [-0.2, 0) is 16.6 Å². The lowest BCUT2D eigenvalue weighted by molar-refractivity contribution is 0.580. The molecule has 98 valence electrons. The van der Waals surface area contributed by atoms with E-state index in [2.05, 4.69) is 10.0 Å². The zero-order chi connectivity index (χ0) is 12.9. The Morgan fingerprint density at radius 1 is 1.41 bits per heavy atom. The van der Waals surface area contributed by atoms with Crippen LogP contribution in [0.1, 0.15) is 30.2 Å². The summed E-state index contributed by atoms with van der Waals surface area (Å²) >= 11 is 1.34. The maximum atomic E-state index is 12.0. The van der Waals surface area contributed by atoms with Crippen LogP contribution in [0.4, 0.5) is 0 Å². The molecule has 0 fully saturated rings. The Kier molecular flexibility index (Phi) is 5.58. The van der Waals surface area contributed by atoms with Crippen molar-refractivity contribution in [3.63, 3.8) is 0 Å². The predicted octanol–water partition coefficient (Wildman–Crippen LogP) is 1.85. The van der Waals surface area contributed by atoms with Crippen LogP contribution in [0.5, 0.6) is 0 Å². The number of rotatable bonds is 7. The molecule has 1 rings (SSSR count). The molecule has 6 heteroatoms. The van der Waals surface area contributed by atoms with Gasteiger partial charge in [0.05, 0.1) is 0 Å². The molecule has 0 amide bonds. The van der Waals surface area contributed by atoms with Crippen molar-refractivity contribution in [2.45, 2.75) is 37.4 Å². The summed E-state index contributed by atoms with van der Waals surface area (Å²) < 4.78 is 26.9. The Hall–Kier alpha value is -0.430. The average molecular weight is 276 g/mol. The number of thiophene rings is 1. The summed E-state index contributed by atoms with van der Waals surface area (Å²) in [5, 5.41) is 3.04. The minimum atomic E-state index is -3.31. The summed E-state index contributed by atoms with van der Waals surface area (Å²) in [6.07, 6.45) is 1.85. The molecule has 0 spiro atoms. The first-order chi connectivity index (χ1) is 8.01. The van der Waals surface area contributed by atoms with Gasteiger partial charge < -0.3 is 5.32 Å². The van der Waals surface area contributed by atoms with Gasteiger partial charge in [-0.15, -0.1) is 11.3 Å². The smallest absolute Gasteiger partial charge is 0.250 e. The molecular weight excluding hydrogens is 256 g/mol. The van der Waals surface area contributed by atoms with Crippen LogP contribution in [-0.4, -0.2) is 22.0 Å². The number of sulfonamides is 1. The number of unbranched alkanes of at least 4 members (excludes halogenated alkanes) is 1. The van der Waals surface area contributed by atoms with E-state index < -0.39 is 10.0 Å². The Morgan fingerprint density at radius 2 is 2.12 bits per heavy atom. The summed E-state index contributed by atoms with van der Waals surface area (Å²) in [7, 11) is -1.46. The highest BCUT2D eigenvalue weighted by molar-refractivity contribution is 7.91. The molecule has 4 nitrogen and oxygen atoms in total. The van der Waals surface area contributed by atoms with Crippen molar-refractivity contribution in [1.82, 2.24) is 10.0 Å². The van der Waals surface area contributed by atoms with Crippen molar-refractivity contribution in [2.24, 2.45) is 0 Å². The highest BCUT2D eigenvalue weighted by Gasteiger charge is 2.17. The third-order valence-electron chi connectivity index (χ3n) is 2.42. The lowest BCUT2D eigenvalue weighted by atomic mass is 10.3. The van der Waals surface area contributed by atoms with Gasteiger partial charge in [0.25, 0.3) is 0 Å². The van der Waals surface area contributed by atoms with Gasteiger partial charge in [0.15, 0.2) is 0 Å². The minimum absolute atomic E-state index is 0.413. The number of hydrogen-bond acceptors (Lipinski definition) is 4. The molecule has 0 bridgehead atoms. The number of hydrogen-bond donors (Lipinski definition) is 2. The number of nitrogens with one attached hydrogen (secondary N) is 2. The third kappa shape index (κ3) is 4.06. The average Bonchev–Trinajstić information content (AvgIpc) is 2.62. The molecule has 0 aromatic carbocycles. The second-order valence-corrected chi connectivity index (χ2v) is 7.08. The summed E-state index contributed by atoms with van der Waals surface area (Å²) in [5.74, 6) is 0. The maximum Gasteiger partial charge on any atom is 0.250 e. The summed E-state index contributed by atoms with van der Waals surface area (Å²) in [6.45, 7) is 5.20. The van der Waals surface area contributed by atoms with Gasteiger partial charge >= 0.3 is 0 Å². The van der Waals surface area contributed by atoms with Crippen molar-refractivity contribution in [1.29, 1.82) is 0 Å². The van der Waals surface area contributed by atoms with Crippen LogP contribution < -0.4 is 10.0 Å². The third-order valence-corrected chi connectivity index (χ3v) is 5.59. The fourth-order valence-electron chi connectivity index (χ4n) is 1.41. The molecule has 0 unspecified atom stereocenters. The van der Waals surface area contributed by atoms with E-state index in [0.717, 1.165) is 23.3 Å². The minimum Gasteiger partial charge on any atom is -0.315 e. The van der Waals surface area contributed by atoms with Crippen molar-refractivity contribution >= 4 is 21.4 Å². The molecule has 0 aliphatic rings. The molecule has 1 heterocycles. The molecule has 0 saturated heterocycles. The normalized spacial score (nSPS) is 11.9. The second-order valence-electron chi connectivity index (χ2n) is 3.95. The summed E-state index contributed by atoms with van der Waals surface area (Å²) in [5.41, 5.74) is 1.03. The monoisotopic (exact) mass is 276 g/mol. The van der Waals surface area contributed by atoms with Crippen LogP contribution in [0.15, 0.2) is 10.3 Å². The van der Waals surface area contributed by atoms with E-state index in [4.69, 9.17) is 0 Å². The van der Waals surface area contributed by atoms with Gasteiger partial charge in [-0.1, -0.05) is 13.3 Å². The molecule has 0 saturated carbocycles. The molecule has 17 heavy (non-hydrogen) atoms. The summed E-state index contributed by atoms with van der Waals surface area (Å²) in [6, 6.07) is 1.74. The Morgan fingerprint density at radius 3 is 2.71 bits per heavy atom. The lowest BCUT2D eigenvalue weighted by Crippen LogP contribution is -2.23. The van der Waals surface area contributed by atoms with Crippen LogP contribution in [0.3, 0.4) is 0 Å². The predicted molar refractivity (Wildman–Crippen MR) is 71.9 cm³/mol. The number of aryl methyl sites for hydroxylation is 1. The highest BCUT2D eigenvalue weighted by atomic mass is 32.2. The van der Waals surface area contributed by atoms with Gasteiger partial charge in [0.1, 0.15) is 4.21 Å². The topological polar surface area (TPSA) is 58.2 Å². The van der Waals surface area contributed by atoms with Gasteiger partial charge in [0.2, 0.25) is 10.0 Å². The zero-order valence-corrected chi connectivity index (χ0v) is 12.2. The van der Waals surface area contributed by atoms with Crippen LogP contribution >= 0.6 is 11.3 Å². The zero-order valence-electron chi connectivity index (χ0n) is 10.5. The fraction of sp³-hybridized carbons (Fsp3) is 0.636. The van der Waals surface area contributed by atoms with E-state index in [1.54, 1.807) is 6.07 Å². The van der Waals surface area contributed by atoms with E-state index in [1.807, 2.05) is 20.9 Å². The van der Waals surface area contributed by atoms with Crippen LogP contribution in [0.2, 0.25) is 0 Å². The molecule has 0 aliphatic carbocycles. The van der Waals surface area contributed by atoms with Crippen LogP contribution in [0, 0.1) is 6.92 Å². The maximum absolute atomic E-state index is 12.0. The molecule has 2 N–H and O–H groups in total. The van der Waals surface area contributed by atoms with Gasteiger partial charge in [-0.2, -0.15) is 0 Å². The van der Waals surface area contributed by atoms with E-state index >= 15 is 0 Å². The Balaban J connectivity index is 2.80. The molecule has 1 aromatic rings. The van der Waals surface area contributed by atoms with E-state index in [1.165, 1.54) is 11.3 Å². The Labute approximate surface area is 107 Å². The molecule has 1 aromatic heterocycles. The largest absolute Gasteiger partial charge is 0.315 e. The lowest BCUT2D eigenvalue weighted by Gasteiger charge is -2.02. The van der Waals surface area contributed by atoms with Crippen LogP contribution in [0.25, 0.3) is 0 Å². The van der Waals surface area contributed by atoms with Crippen molar-refractivity contribution in [3.8, 4) is 0 Å². The first kappa shape index (κ1) is 14.6. The van der Waals surface area contributed by atoms with E-state index in [-0.39, 0.29) is 0 Å². The fourth-order valence-corrected chi connectivity index (χ4v) is 4.13. The molecule has 0 radical (unpaired) electrons. The standard InChI is InChI=1S/C11H20N2O2S2/c1-4-5-6-13-17(14,15)11-7-9(2)10(16-11)8-12-3/h7,12-13H,4-6,8H2,1-3H3. The van der Waals surface area contributed by atoms with Gasteiger partial charge in [-0.05, 0) is 32.0 Å². The SMILES string of the molecule is CCCCNS(=O)(=O)c1cc(C)c(CNC)s1. The second kappa shape index (κ2) is 6.49. The molecule has 0 aliphatic heterocycles. The molecular formula is C11H20N2O2S2.